The van der Waals surface area contributed by atoms with Gasteiger partial charge < -0.3 is 14.2 Å². The molecule has 0 aliphatic carbocycles. The number of hydrogen-bond acceptors (Lipinski definition) is 5. The van der Waals surface area contributed by atoms with Crippen LogP contribution in [0.1, 0.15) is 26.3 Å². The van der Waals surface area contributed by atoms with Gasteiger partial charge in [-0.15, -0.1) is 0 Å². The van der Waals surface area contributed by atoms with Gasteiger partial charge in [-0.25, -0.2) is 0 Å². The fourth-order valence-electron chi connectivity index (χ4n) is 2.20. The molecule has 6 heteroatoms. The largest absolute Gasteiger partial charge is 0.497 e. The van der Waals surface area contributed by atoms with Crippen molar-refractivity contribution in [2.75, 3.05) is 21.3 Å². The second kappa shape index (κ2) is 7.97. The number of Topliss-reactive ketones (excluding diaryl/α,β-unsaturated/α-hetero) is 2. The van der Waals surface area contributed by atoms with Crippen LogP contribution in [0.5, 0.6) is 17.2 Å². The molecule has 0 aliphatic rings. The third-order valence-electron chi connectivity index (χ3n) is 3.48. The first-order valence-corrected chi connectivity index (χ1v) is 8.21. The van der Waals surface area contributed by atoms with Gasteiger partial charge in [-0.1, -0.05) is 22.0 Å². The van der Waals surface area contributed by atoms with E-state index in [1.807, 2.05) is 0 Å². The Kier molecular flexibility index (Phi) is 5.98. The van der Waals surface area contributed by atoms with Gasteiger partial charge in [0.25, 0.3) is 0 Å². The Morgan fingerprint density at radius 3 is 2.00 bits per heavy atom. The molecule has 126 valence electrons. The highest BCUT2D eigenvalue weighted by Crippen LogP contribution is 2.26. The van der Waals surface area contributed by atoms with Gasteiger partial charge in [0, 0.05) is 17.0 Å². The quantitative estimate of drug-likeness (QED) is 0.408. The van der Waals surface area contributed by atoms with Crippen LogP contribution in [0.2, 0.25) is 0 Å². The number of carbonyl (C=O) groups excluding carboxylic acids is 2. The average molecular weight is 393 g/mol. The minimum atomic E-state index is -0.655. The number of ketones is 2. The molecule has 24 heavy (non-hydrogen) atoms. The van der Waals surface area contributed by atoms with E-state index in [-0.39, 0.29) is 11.1 Å². The highest BCUT2D eigenvalue weighted by molar-refractivity contribution is 9.08. The summed E-state index contributed by atoms with van der Waals surface area (Å²) in [5.74, 6) is -0.0697. The molecule has 0 bridgehead atoms. The summed E-state index contributed by atoms with van der Waals surface area (Å²) in [4.78, 5) is 25.2. The van der Waals surface area contributed by atoms with Gasteiger partial charge in [-0.2, -0.15) is 0 Å². The zero-order valence-electron chi connectivity index (χ0n) is 13.6. The third kappa shape index (κ3) is 3.76. The smallest absolute Gasteiger partial charge is 0.237 e. The van der Waals surface area contributed by atoms with Crippen molar-refractivity contribution in [2.45, 2.75) is 5.33 Å². The van der Waals surface area contributed by atoms with E-state index in [1.54, 1.807) is 24.3 Å². The van der Waals surface area contributed by atoms with Crippen molar-refractivity contribution in [2.24, 2.45) is 0 Å². The molecule has 2 rings (SSSR count). The maximum atomic E-state index is 12.6. The van der Waals surface area contributed by atoms with E-state index in [0.717, 1.165) is 5.56 Å². The Labute approximate surface area is 148 Å². The normalized spacial score (nSPS) is 10.2. The van der Waals surface area contributed by atoms with Crippen LogP contribution < -0.4 is 14.2 Å². The summed E-state index contributed by atoms with van der Waals surface area (Å²) < 4.78 is 15.5. The number of halogens is 1. The van der Waals surface area contributed by atoms with Crippen LogP contribution >= 0.6 is 15.9 Å². The molecule has 0 aliphatic heterocycles. The summed E-state index contributed by atoms with van der Waals surface area (Å²) in [6.45, 7) is 0. The molecule has 0 heterocycles. The highest BCUT2D eigenvalue weighted by atomic mass is 79.9. The molecule has 0 radical (unpaired) electrons. The molecule has 0 N–H and O–H groups in total. The summed E-state index contributed by atoms with van der Waals surface area (Å²) in [6.07, 6.45) is 0. The number of benzene rings is 2. The second-order valence-electron chi connectivity index (χ2n) is 4.93. The number of methoxy groups -OCH3 is 3. The number of rotatable bonds is 7. The van der Waals surface area contributed by atoms with Crippen LogP contribution in [0.4, 0.5) is 0 Å². The van der Waals surface area contributed by atoms with E-state index in [0.29, 0.717) is 22.6 Å². The molecule has 0 saturated carbocycles. The summed E-state index contributed by atoms with van der Waals surface area (Å²) >= 11 is 3.34. The van der Waals surface area contributed by atoms with E-state index in [9.17, 15) is 9.59 Å². The maximum Gasteiger partial charge on any atom is 0.237 e. The molecular formula is C18H17BrO5. The monoisotopic (exact) mass is 392 g/mol. The van der Waals surface area contributed by atoms with Crippen molar-refractivity contribution in [1.29, 1.82) is 0 Å². The fourth-order valence-corrected chi connectivity index (χ4v) is 2.55. The minimum Gasteiger partial charge on any atom is -0.497 e. The van der Waals surface area contributed by atoms with Gasteiger partial charge in [0.15, 0.2) is 0 Å². The van der Waals surface area contributed by atoms with Crippen LogP contribution in [-0.2, 0) is 5.33 Å². The van der Waals surface area contributed by atoms with E-state index >= 15 is 0 Å². The molecule has 0 atom stereocenters. The van der Waals surface area contributed by atoms with Gasteiger partial charge in [0.05, 0.1) is 26.9 Å². The third-order valence-corrected chi connectivity index (χ3v) is 4.13. The molecule has 0 saturated heterocycles. The summed E-state index contributed by atoms with van der Waals surface area (Å²) in [5, 5.41) is 0.624. The molecular weight excluding hydrogens is 376 g/mol. The van der Waals surface area contributed by atoms with Gasteiger partial charge in [0.1, 0.15) is 17.2 Å². The van der Waals surface area contributed by atoms with Crippen LogP contribution in [0, 0.1) is 0 Å². The lowest BCUT2D eigenvalue weighted by Gasteiger charge is -2.10. The molecule has 0 spiro atoms. The summed E-state index contributed by atoms with van der Waals surface area (Å²) in [5.41, 5.74) is 1.36. The van der Waals surface area contributed by atoms with Gasteiger partial charge >= 0.3 is 0 Å². The minimum absolute atomic E-state index is 0.197. The summed E-state index contributed by atoms with van der Waals surface area (Å²) in [7, 11) is 4.42. The number of alkyl halides is 1. The number of carbonyl (C=O) groups is 2. The summed E-state index contributed by atoms with van der Waals surface area (Å²) in [6, 6.07) is 9.72. The van der Waals surface area contributed by atoms with Gasteiger partial charge in [-0.05, 0) is 29.8 Å². The molecule has 2 aromatic carbocycles. The number of ether oxygens (including phenoxy) is 3. The van der Waals surface area contributed by atoms with E-state index in [4.69, 9.17) is 14.2 Å². The molecule has 5 nitrogen and oxygen atoms in total. The second-order valence-corrected chi connectivity index (χ2v) is 5.49. The predicted molar refractivity (Wildman–Crippen MR) is 93.8 cm³/mol. The van der Waals surface area contributed by atoms with Crippen LogP contribution in [0.15, 0.2) is 36.4 Å². The van der Waals surface area contributed by atoms with Gasteiger partial charge in [0.2, 0.25) is 11.6 Å². The Morgan fingerprint density at radius 1 is 0.875 bits per heavy atom. The average Bonchev–Trinajstić information content (AvgIpc) is 2.65. The van der Waals surface area contributed by atoms with E-state index in [1.165, 1.54) is 33.5 Å². The van der Waals surface area contributed by atoms with E-state index in [2.05, 4.69) is 15.9 Å². The van der Waals surface area contributed by atoms with Crippen molar-refractivity contribution < 1.29 is 23.8 Å². The van der Waals surface area contributed by atoms with Crippen LogP contribution in [0.3, 0.4) is 0 Å². The standard InChI is InChI=1S/C18H17BrO5/c1-22-13-7-12(8-14(9-13)23-2)17(20)18(21)15-5-4-11(10-19)6-16(15)24-3/h4-9H,10H2,1-3H3. The maximum absolute atomic E-state index is 12.6. The molecule has 0 unspecified atom stereocenters. The molecule has 0 fully saturated rings. The lowest BCUT2D eigenvalue weighted by molar-refractivity contribution is 0.0814. The lowest BCUT2D eigenvalue weighted by atomic mass is 9.99. The topological polar surface area (TPSA) is 61.8 Å². The first kappa shape index (κ1) is 18.0. The van der Waals surface area contributed by atoms with E-state index < -0.39 is 11.6 Å². The first-order chi connectivity index (χ1) is 11.5. The molecule has 0 amide bonds. The van der Waals surface area contributed by atoms with Crippen molar-refractivity contribution >= 4 is 27.5 Å². The Balaban J connectivity index is 2.41. The van der Waals surface area contributed by atoms with Crippen molar-refractivity contribution in [3.63, 3.8) is 0 Å². The van der Waals surface area contributed by atoms with Crippen LogP contribution in [0.25, 0.3) is 0 Å². The number of hydrogen-bond donors (Lipinski definition) is 0. The van der Waals surface area contributed by atoms with Crippen molar-refractivity contribution in [1.82, 2.24) is 0 Å². The zero-order valence-corrected chi connectivity index (χ0v) is 15.2. The first-order valence-electron chi connectivity index (χ1n) is 7.09. The Bertz CT molecular complexity index is 748. The fraction of sp³-hybridized carbons (Fsp3) is 0.222. The van der Waals surface area contributed by atoms with Crippen molar-refractivity contribution in [3.8, 4) is 17.2 Å². The van der Waals surface area contributed by atoms with Crippen LogP contribution in [-0.4, -0.2) is 32.9 Å². The van der Waals surface area contributed by atoms with Crippen molar-refractivity contribution in [3.05, 3.63) is 53.1 Å². The highest BCUT2D eigenvalue weighted by Gasteiger charge is 2.23. The molecule has 0 aromatic heterocycles. The Hall–Kier alpha value is -2.34. The lowest BCUT2D eigenvalue weighted by Crippen LogP contribution is -2.16. The SMILES string of the molecule is COc1cc(OC)cc(C(=O)C(=O)c2ccc(CBr)cc2OC)c1. The molecule has 2 aromatic rings. The predicted octanol–water partition coefficient (Wildman–Crippen LogP) is 3.67. The zero-order chi connectivity index (χ0) is 17.7. The van der Waals surface area contributed by atoms with Gasteiger partial charge in [-0.3, -0.25) is 9.59 Å². The Morgan fingerprint density at radius 2 is 1.50 bits per heavy atom.